The Balaban J connectivity index is 1.40. The fraction of sp³-hybridized carbons (Fsp3) is 0.333. The number of rotatable bonds is 5. The van der Waals surface area contributed by atoms with Crippen LogP contribution in [0.4, 0.5) is 17.6 Å². The summed E-state index contributed by atoms with van der Waals surface area (Å²) in [5, 5.41) is 9.98. The number of ether oxygens (including phenoxy) is 1. The Bertz CT molecular complexity index is 1190. The molecule has 3 aromatic heterocycles. The van der Waals surface area contributed by atoms with Crippen LogP contribution in [-0.4, -0.2) is 69.8 Å². The molecule has 1 aliphatic rings. The van der Waals surface area contributed by atoms with Gasteiger partial charge in [-0.15, -0.1) is 16.4 Å². The molecule has 0 amide bonds. The van der Waals surface area contributed by atoms with Crippen LogP contribution in [0.2, 0.25) is 0 Å². The maximum Gasteiger partial charge on any atom is 0.249 e. The maximum absolute atomic E-state index is 5.25. The first-order valence-corrected chi connectivity index (χ1v) is 11.0. The van der Waals surface area contributed by atoms with Crippen molar-refractivity contribution in [3.8, 4) is 17.0 Å². The van der Waals surface area contributed by atoms with Crippen molar-refractivity contribution in [2.75, 3.05) is 50.6 Å². The van der Waals surface area contributed by atoms with Crippen LogP contribution in [0.5, 0.6) is 5.75 Å². The molecule has 0 atom stereocenters. The molecule has 10 heteroatoms. The molecule has 1 N–H and O–H groups in total. The van der Waals surface area contributed by atoms with Crippen molar-refractivity contribution in [1.82, 2.24) is 29.5 Å². The van der Waals surface area contributed by atoms with E-state index in [0.717, 1.165) is 59.8 Å². The molecule has 9 nitrogen and oxygen atoms in total. The molecular formula is C21H24N8OS. The Kier molecular flexibility index (Phi) is 5.16. The van der Waals surface area contributed by atoms with Crippen molar-refractivity contribution in [3.05, 3.63) is 41.5 Å². The number of nitrogens with one attached hydrogen (secondary N) is 1. The number of anilines is 3. The third kappa shape index (κ3) is 4.04. The van der Waals surface area contributed by atoms with Gasteiger partial charge in [0.15, 0.2) is 0 Å². The Hall–Kier alpha value is -3.24. The number of benzene rings is 1. The molecule has 31 heavy (non-hydrogen) atoms. The number of likely N-dealkylation sites (N-methyl/N-ethyl adjacent to an activating group) is 1. The molecule has 1 saturated heterocycles. The van der Waals surface area contributed by atoms with Gasteiger partial charge in [0.25, 0.3) is 0 Å². The monoisotopic (exact) mass is 436 g/mol. The summed E-state index contributed by atoms with van der Waals surface area (Å²) in [6.07, 6.45) is 0. The summed E-state index contributed by atoms with van der Waals surface area (Å²) in [6.45, 7) is 5.87. The van der Waals surface area contributed by atoms with Crippen LogP contribution >= 0.6 is 11.3 Å². The summed E-state index contributed by atoms with van der Waals surface area (Å²) in [5.74, 6) is 3.70. The average molecular weight is 437 g/mol. The van der Waals surface area contributed by atoms with Crippen molar-refractivity contribution < 1.29 is 4.74 Å². The lowest BCUT2D eigenvalue weighted by Crippen LogP contribution is -2.44. The summed E-state index contributed by atoms with van der Waals surface area (Å²) in [7, 11) is 3.81. The molecule has 0 saturated carbocycles. The Morgan fingerprint density at radius 1 is 1.03 bits per heavy atom. The Morgan fingerprint density at radius 2 is 1.81 bits per heavy atom. The van der Waals surface area contributed by atoms with Crippen molar-refractivity contribution in [2.45, 2.75) is 6.92 Å². The minimum absolute atomic E-state index is 0.518. The van der Waals surface area contributed by atoms with Gasteiger partial charge in [-0.05, 0) is 38.2 Å². The second-order valence-electron chi connectivity index (χ2n) is 7.55. The van der Waals surface area contributed by atoms with E-state index in [4.69, 9.17) is 4.74 Å². The number of thiazole rings is 1. The van der Waals surface area contributed by atoms with E-state index < -0.39 is 0 Å². The van der Waals surface area contributed by atoms with Crippen LogP contribution in [0.25, 0.3) is 16.2 Å². The largest absolute Gasteiger partial charge is 0.497 e. The molecular weight excluding hydrogens is 412 g/mol. The molecule has 5 rings (SSSR count). The summed E-state index contributed by atoms with van der Waals surface area (Å²) in [4.78, 5) is 19.2. The predicted molar refractivity (Wildman–Crippen MR) is 123 cm³/mol. The molecule has 0 radical (unpaired) electrons. The second kappa shape index (κ2) is 8.12. The number of methoxy groups -OCH3 is 1. The zero-order chi connectivity index (χ0) is 21.4. The van der Waals surface area contributed by atoms with Gasteiger partial charge in [0, 0.05) is 43.2 Å². The standard InChI is InChI=1S/C21H24N8OS/c1-14-22-18(12-19(23-14)28-10-8-27(2)9-11-28)24-20-25-21-29(26-20)17(13-31-21)15-4-6-16(30-3)7-5-15/h4-7,12-13H,8-11H2,1-3H3,(H,22,23,24,26). The third-order valence-corrected chi connectivity index (χ3v) is 6.18. The zero-order valence-corrected chi connectivity index (χ0v) is 18.6. The first kappa shape index (κ1) is 19.7. The first-order chi connectivity index (χ1) is 15.1. The zero-order valence-electron chi connectivity index (χ0n) is 17.7. The summed E-state index contributed by atoms with van der Waals surface area (Å²) in [5.41, 5.74) is 2.04. The lowest BCUT2D eigenvalue weighted by molar-refractivity contribution is 0.312. The molecule has 1 fully saturated rings. The van der Waals surface area contributed by atoms with Crippen LogP contribution in [0.1, 0.15) is 5.82 Å². The van der Waals surface area contributed by atoms with Crippen molar-refractivity contribution in [3.63, 3.8) is 0 Å². The lowest BCUT2D eigenvalue weighted by Gasteiger charge is -2.33. The van der Waals surface area contributed by atoms with Gasteiger partial charge in [-0.25, -0.2) is 14.5 Å². The SMILES string of the molecule is COc1ccc(-c2csc3nc(Nc4cc(N5CCN(C)CC5)nc(C)n4)nn23)cc1. The van der Waals surface area contributed by atoms with E-state index in [2.05, 4.69) is 47.6 Å². The topological polar surface area (TPSA) is 83.7 Å². The molecule has 160 valence electrons. The molecule has 0 aliphatic carbocycles. The second-order valence-corrected chi connectivity index (χ2v) is 8.39. The highest BCUT2D eigenvalue weighted by Crippen LogP contribution is 2.28. The quantitative estimate of drug-likeness (QED) is 0.511. The van der Waals surface area contributed by atoms with E-state index in [1.54, 1.807) is 18.4 Å². The van der Waals surface area contributed by atoms with E-state index in [0.29, 0.717) is 11.8 Å². The van der Waals surface area contributed by atoms with Gasteiger partial charge in [-0.2, -0.15) is 4.98 Å². The highest BCUT2D eigenvalue weighted by Gasteiger charge is 2.17. The number of hydrogen-bond donors (Lipinski definition) is 1. The minimum Gasteiger partial charge on any atom is -0.497 e. The Labute approximate surface area is 184 Å². The van der Waals surface area contributed by atoms with Gasteiger partial charge >= 0.3 is 0 Å². The van der Waals surface area contributed by atoms with Gasteiger partial charge in [0.2, 0.25) is 10.9 Å². The van der Waals surface area contributed by atoms with Gasteiger partial charge in [0.1, 0.15) is 23.2 Å². The van der Waals surface area contributed by atoms with Gasteiger partial charge in [-0.1, -0.05) is 0 Å². The minimum atomic E-state index is 0.518. The van der Waals surface area contributed by atoms with Crippen LogP contribution in [0, 0.1) is 6.92 Å². The molecule has 0 bridgehead atoms. The Morgan fingerprint density at radius 3 is 2.55 bits per heavy atom. The van der Waals surface area contributed by atoms with Gasteiger partial charge < -0.3 is 19.9 Å². The predicted octanol–water partition coefficient (Wildman–Crippen LogP) is 3.06. The van der Waals surface area contributed by atoms with E-state index in [9.17, 15) is 0 Å². The third-order valence-electron chi connectivity index (χ3n) is 5.36. The fourth-order valence-corrected chi connectivity index (χ4v) is 4.45. The fourth-order valence-electron chi connectivity index (χ4n) is 3.62. The number of nitrogens with zero attached hydrogens (tertiary/aromatic N) is 7. The van der Waals surface area contributed by atoms with E-state index in [1.807, 2.05) is 41.8 Å². The smallest absolute Gasteiger partial charge is 0.249 e. The summed E-state index contributed by atoms with van der Waals surface area (Å²) >= 11 is 1.55. The van der Waals surface area contributed by atoms with Crippen molar-refractivity contribution >= 4 is 33.9 Å². The molecule has 4 aromatic rings. The van der Waals surface area contributed by atoms with Crippen LogP contribution in [0.15, 0.2) is 35.7 Å². The number of hydrogen-bond acceptors (Lipinski definition) is 9. The first-order valence-electron chi connectivity index (χ1n) is 10.1. The van der Waals surface area contributed by atoms with Crippen LogP contribution < -0.4 is 15.0 Å². The normalized spacial score (nSPS) is 14.9. The number of aryl methyl sites for hydroxylation is 1. The highest BCUT2D eigenvalue weighted by molar-refractivity contribution is 7.15. The summed E-state index contributed by atoms with van der Waals surface area (Å²) < 4.78 is 7.10. The maximum atomic E-state index is 5.25. The lowest BCUT2D eigenvalue weighted by atomic mass is 10.2. The molecule has 1 aromatic carbocycles. The number of piperazine rings is 1. The van der Waals surface area contributed by atoms with E-state index >= 15 is 0 Å². The van der Waals surface area contributed by atoms with E-state index in [1.165, 1.54) is 0 Å². The number of aromatic nitrogens is 5. The van der Waals surface area contributed by atoms with Crippen LogP contribution in [0.3, 0.4) is 0 Å². The molecule has 0 unspecified atom stereocenters. The van der Waals surface area contributed by atoms with Gasteiger partial charge in [-0.3, -0.25) is 0 Å². The van der Waals surface area contributed by atoms with Crippen molar-refractivity contribution in [2.24, 2.45) is 0 Å². The summed E-state index contributed by atoms with van der Waals surface area (Å²) in [6, 6.07) is 9.89. The average Bonchev–Trinajstić information content (AvgIpc) is 3.34. The van der Waals surface area contributed by atoms with Crippen molar-refractivity contribution in [1.29, 1.82) is 0 Å². The highest BCUT2D eigenvalue weighted by atomic mass is 32.1. The molecule has 0 spiro atoms. The molecule has 4 heterocycles. The van der Waals surface area contributed by atoms with Gasteiger partial charge in [0.05, 0.1) is 12.8 Å². The van der Waals surface area contributed by atoms with E-state index in [-0.39, 0.29) is 0 Å². The molecule has 1 aliphatic heterocycles. The van der Waals surface area contributed by atoms with Crippen LogP contribution in [-0.2, 0) is 0 Å². The number of fused-ring (bicyclic) bond motifs is 1.